The molecule has 0 N–H and O–H groups in total. The monoisotopic (exact) mass is 311 g/mol. The molecule has 1 atom stereocenters. The van der Waals surface area contributed by atoms with Crippen molar-refractivity contribution < 1.29 is 8.42 Å². The van der Waals surface area contributed by atoms with Crippen molar-refractivity contribution in [2.75, 3.05) is 23.0 Å². The summed E-state index contributed by atoms with van der Waals surface area (Å²) in [6.07, 6.45) is 0. The van der Waals surface area contributed by atoms with Gasteiger partial charge >= 0.3 is 0 Å². The summed E-state index contributed by atoms with van der Waals surface area (Å²) in [7, 11) is -2.95. The average Bonchev–Trinajstić information content (AvgIpc) is 2.40. The lowest BCUT2D eigenvalue weighted by Gasteiger charge is -2.34. The van der Waals surface area contributed by atoms with Crippen LogP contribution in [0.5, 0.6) is 0 Å². The largest absolute Gasteiger partial charge is 0.350 e. The maximum atomic E-state index is 11.7. The zero-order valence-electron chi connectivity index (χ0n) is 11.0. The van der Waals surface area contributed by atoms with Gasteiger partial charge < -0.3 is 4.90 Å². The van der Waals surface area contributed by atoms with Gasteiger partial charge in [0.05, 0.1) is 11.5 Å². The molecule has 0 bridgehead atoms. The quantitative estimate of drug-likeness (QED) is 0.805. The smallest absolute Gasteiger partial charge is 0.159 e. The fourth-order valence-electron chi connectivity index (χ4n) is 2.58. The van der Waals surface area contributed by atoms with Crippen LogP contribution >= 0.6 is 11.6 Å². The molecule has 0 saturated carbocycles. The molecule has 2 aromatic rings. The first-order chi connectivity index (χ1) is 9.48. The van der Waals surface area contributed by atoms with Crippen molar-refractivity contribution in [3.8, 4) is 0 Å². The lowest BCUT2D eigenvalue weighted by Crippen LogP contribution is -2.47. The van der Waals surface area contributed by atoms with Crippen LogP contribution in [0.1, 0.15) is 6.92 Å². The fourth-order valence-corrected chi connectivity index (χ4v) is 4.34. The Morgan fingerprint density at radius 1 is 1.25 bits per heavy atom. The molecule has 0 aliphatic carbocycles. The summed E-state index contributed by atoms with van der Waals surface area (Å²) in [5.74, 6) is 0.995. The lowest BCUT2D eigenvalue weighted by molar-refractivity contribution is 0.566. The molecule has 1 fully saturated rings. The Bertz CT molecular complexity index is 763. The van der Waals surface area contributed by atoms with Gasteiger partial charge in [-0.1, -0.05) is 35.9 Å². The number of halogens is 1. The standard InChI is InChI=1S/C13H14ClN3O2S/c1-9-8-20(18,19)7-6-17(9)13-11-5-3-2-4-10(11)12(14)15-16-13/h2-5,9H,6-8H2,1H3. The molecule has 1 aliphatic rings. The Hall–Kier alpha value is -1.40. The van der Waals surface area contributed by atoms with E-state index in [1.807, 2.05) is 36.1 Å². The van der Waals surface area contributed by atoms with Crippen LogP contribution < -0.4 is 4.90 Å². The van der Waals surface area contributed by atoms with Crippen LogP contribution in [0.3, 0.4) is 0 Å². The van der Waals surface area contributed by atoms with Crippen LogP contribution in [0.25, 0.3) is 10.8 Å². The van der Waals surface area contributed by atoms with Crippen LogP contribution in [0.2, 0.25) is 5.15 Å². The van der Waals surface area contributed by atoms with Crippen molar-refractivity contribution >= 4 is 38.0 Å². The molecule has 7 heteroatoms. The summed E-state index contributed by atoms with van der Waals surface area (Å²) in [6.45, 7) is 2.32. The molecule has 1 aromatic heterocycles. The summed E-state index contributed by atoms with van der Waals surface area (Å²) < 4.78 is 23.3. The van der Waals surface area contributed by atoms with Gasteiger partial charge in [-0.05, 0) is 6.92 Å². The van der Waals surface area contributed by atoms with Crippen LogP contribution in [0.4, 0.5) is 5.82 Å². The van der Waals surface area contributed by atoms with Gasteiger partial charge in [-0.25, -0.2) is 8.42 Å². The number of hydrogen-bond donors (Lipinski definition) is 0. The first-order valence-corrected chi connectivity index (χ1v) is 8.56. The minimum absolute atomic E-state index is 0.118. The summed E-state index contributed by atoms with van der Waals surface area (Å²) in [4.78, 5) is 1.99. The Balaban J connectivity index is 2.09. The van der Waals surface area contributed by atoms with Crippen molar-refractivity contribution in [3.63, 3.8) is 0 Å². The van der Waals surface area contributed by atoms with Gasteiger partial charge in [0.25, 0.3) is 0 Å². The maximum absolute atomic E-state index is 11.7. The third-order valence-electron chi connectivity index (χ3n) is 3.57. The minimum Gasteiger partial charge on any atom is -0.350 e. The highest BCUT2D eigenvalue weighted by atomic mass is 35.5. The predicted octanol–water partition coefficient (Wildman–Crippen LogP) is 1.91. The van der Waals surface area contributed by atoms with Gasteiger partial charge in [-0.15, -0.1) is 10.2 Å². The van der Waals surface area contributed by atoms with Crippen LogP contribution in [-0.2, 0) is 9.84 Å². The Morgan fingerprint density at radius 2 is 1.95 bits per heavy atom. The van der Waals surface area contributed by atoms with Crippen LogP contribution in [-0.4, -0.2) is 42.7 Å². The highest BCUT2D eigenvalue weighted by molar-refractivity contribution is 7.91. The number of benzene rings is 1. The van der Waals surface area contributed by atoms with E-state index >= 15 is 0 Å². The molecule has 0 spiro atoms. The summed E-state index contributed by atoms with van der Waals surface area (Å²) in [5, 5.41) is 10.3. The number of anilines is 1. The third kappa shape index (κ3) is 2.33. The molecule has 20 heavy (non-hydrogen) atoms. The highest BCUT2D eigenvalue weighted by Gasteiger charge is 2.30. The van der Waals surface area contributed by atoms with E-state index in [2.05, 4.69) is 10.2 Å². The number of sulfone groups is 1. The second kappa shape index (κ2) is 4.86. The van der Waals surface area contributed by atoms with E-state index in [1.165, 1.54) is 0 Å². The van der Waals surface area contributed by atoms with Crippen LogP contribution in [0, 0.1) is 0 Å². The lowest BCUT2D eigenvalue weighted by atomic mass is 10.1. The van der Waals surface area contributed by atoms with Gasteiger partial charge in [0.15, 0.2) is 20.8 Å². The van der Waals surface area contributed by atoms with E-state index in [0.717, 1.165) is 10.8 Å². The van der Waals surface area contributed by atoms with Crippen molar-refractivity contribution in [1.82, 2.24) is 10.2 Å². The molecule has 3 rings (SSSR count). The predicted molar refractivity (Wildman–Crippen MR) is 80.0 cm³/mol. The second-order valence-electron chi connectivity index (χ2n) is 5.02. The molecular weight excluding hydrogens is 298 g/mol. The first-order valence-electron chi connectivity index (χ1n) is 6.36. The summed E-state index contributed by atoms with van der Waals surface area (Å²) in [5.41, 5.74) is 0. The maximum Gasteiger partial charge on any atom is 0.159 e. The fraction of sp³-hybridized carbons (Fsp3) is 0.385. The van der Waals surface area contributed by atoms with Gasteiger partial charge in [-0.3, -0.25) is 0 Å². The van der Waals surface area contributed by atoms with E-state index < -0.39 is 9.84 Å². The van der Waals surface area contributed by atoms with E-state index in [4.69, 9.17) is 11.6 Å². The molecule has 0 amide bonds. The molecule has 2 heterocycles. The second-order valence-corrected chi connectivity index (χ2v) is 7.60. The number of nitrogens with zero attached hydrogens (tertiary/aromatic N) is 3. The molecule has 1 aromatic carbocycles. The molecule has 106 valence electrons. The number of rotatable bonds is 1. The zero-order chi connectivity index (χ0) is 14.3. The van der Waals surface area contributed by atoms with E-state index in [9.17, 15) is 8.42 Å². The molecule has 1 saturated heterocycles. The minimum atomic E-state index is -2.95. The first kappa shape index (κ1) is 13.6. The van der Waals surface area contributed by atoms with E-state index in [1.54, 1.807) is 0 Å². The van der Waals surface area contributed by atoms with Crippen molar-refractivity contribution in [1.29, 1.82) is 0 Å². The Morgan fingerprint density at radius 3 is 2.65 bits per heavy atom. The molecular formula is C13H14ClN3O2S. The molecule has 0 radical (unpaired) electrons. The normalized spacial score (nSPS) is 22.1. The summed E-state index contributed by atoms with van der Waals surface area (Å²) >= 11 is 6.06. The molecule has 1 aliphatic heterocycles. The third-order valence-corrected chi connectivity index (χ3v) is 5.64. The van der Waals surface area contributed by atoms with Crippen molar-refractivity contribution in [2.45, 2.75) is 13.0 Å². The number of aromatic nitrogens is 2. The SMILES string of the molecule is CC1CS(=O)(=O)CCN1c1nnc(Cl)c2ccccc12. The summed E-state index contributed by atoms with van der Waals surface area (Å²) in [6, 6.07) is 7.51. The van der Waals surface area contributed by atoms with Gasteiger partial charge in [-0.2, -0.15) is 0 Å². The van der Waals surface area contributed by atoms with Gasteiger partial charge in [0.1, 0.15) is 0 Å². The van der Waals surface area contributed by atoms with Gasteiger partial charge in [0, 0.05) is 23.4 Å². The number of hydrogen-bond acceptors (Lipinski definition) is 5. The van der Waals surface area contributed by atoms with Crippen molar-refractivity contribution in [3.05, 3.63) is 29.4 Å². The van der Waals surface area contributed by atoms with Crippen LogP contribution in [0.15, 0.2) is 24.3 Å². The average molecular weight is 312 g/mol. The molecule has 1 unspecified atom stereocenters. The Kier molecular flexibility index (Phi) is 3.30. The van der Waals surface area contributed by atoms with E-state index in [0.29, 0.717) is 17.5 Å². The number of fused-ring (bicyclic) bond motifs is 1. The van der Waals surface area contributed by atoms with E-state index in [-0.39, 0.29) is 17.5 Å². The molecule has 5 nitrogen and oxygen atoms in total. The zero-order valence-corrected chi connectivity index (χ0v) is 12.5. The Labute approximate surface area is 122 Å². The van der Waals surface area contributed by atoms with Crippen molar-refractivity contribution in [2.24, 2.45) is 0 Å². The van der Waals surface area contributed by atoms with Gasteiger partial charge in [0.2, 0.25) is 0 Å². The topological polar surface area (TPSA) is 63.2 Å². The highest BCUT2D eigenvalue weighted by Crippen LogP contribution is 2.30.